The Morgan fingerprint density at radius 1 is 1.12 bits per heavy atom. The van der Waals surface area contributed by atoms with E-state index in [1.807, 2.05) is 0 Å². The van der Waals surface area contributed by atoms with Crippen molar-refractivity contribution in [2.75, 3.05) is 27.2 Å². The van der Waals surface area contributed by atoms with Crippen LogP contribution in [0, 0.1) is 13.8 Å². The van der Waals surface area contributed by atoms with Gasteiger partial charge in [-0.25, -0.2) is 0 Å². The summed E-state index contributed by atoms with van der Waals surface area (Å²) < 4.78 is 0. The number of rotatable bonds is 7. The molecule has 0 amide bonds. The van der Waals surface area contributed by atoms with Gasteiger partial charge in [-0.05, 0) is 65.0 Å². The Hall–Kier alpha value is -0.860. The van der Waals surface area contributed by atoms with Crippen LogP contribution in [0.2, 0.25) is 0 Å². The largest absolute Gasteiger partial charge is 0.313 e. The molecule has 0 aromatic heterocycles. The molecule has 0 spiro atoms. The molecule has 0 atom stereocenters. The zero-order valence-electron chi connectivity index (χ0n) is 11.7. The first-order valence-corrected chi connectivity index (χ1v) is 6.51. The van der Waals surface area contributed by atoms with Crippen LogP contribution in [0.25, 0.3) is 0 Å². The molecule has 0 unspecified atom stereocenters. The van der Waals surface area contributed by atoms with Gasteiger partial charge in [0.05, 0.1) is 0 Å². The first-order valence-electron chi connectivity index (χ1n) is 6.51. The zero-order chi connectivity index (χ0) is 12.7. The van der Waals surface area contributed by atoms with Crippen molar-refractivity contribution >= 4 is 0 Å². The summed E-state index contributed by atoms with van der Waals surface area (Å²) in [5.41, 5.74) is 4.16. The lowest BCUT2D eigenvalue weighted by atomic mass is 10.1. The van der Waals surface area contributed by atoms with Gasteiger partial charge in [-0.1, -0.05) is 23.8 Å². The van der Waals surface area contributed by atoms with E-state index in [0.717, 1.165) is 13.1 Å². The van der Waals surface area contributed by atoms with Gasteiger partial charge < -0.3 is 10.2 Å². The van der Waals surface area contributed by atoms with Crippen molar-refractivity contribution in [3.8, 4) is 0 Å². The quantitative estimate of drug-likeness (QED) is 0.730. The highest BCUT2D eigenvalue weighted by Gasteiger charge is 1.98. The van der Waals surface area contributed by atoms with Crippen LogP contribution in [-0.2, 0) is 6.54 Å². The van der Waals surface area contributed by atoms with E-state index >= 15 is 0 Å². The van der Waals surface area contributed by atoms with Crippen LogP contribution in [0.5, 0.6) is 0 Å². The maximum atomic E-state index is 3.52. The molecular formula is C15H26N2. The number of nitrogens with one attached hydrogen (secondary N) is 1. The maximum Gasteiger partial charge on any atom is 0.0208 e. The minimum Gasteiger partial charge on any atom is -0.313 e. The highest BCUT2D eigenvalue weighted by molar-refractivity contribution is 5.30. The highest BCUT2D eigenvalue weighted by Crippen LogP contribution is 2.10. The van der Waals surface area contributed by atoms with Gasteiger partial charge in [0.25, 0.3) is 0 Å². The molecule has 96 valence electrons. The molecule has 1 aromatic rings. The van der Waals surface area contributed by atoms with Gasteiger partial charge in [0.2, 0.25) is 0 Å². The lowest BCUT2D eigenvalue weighted by Gasteiger charge is -2.10. The minimum absolute atomic E-state index is 0.996. The van der Waals surface area contributed by atoms with E-state index in [9.17, 15) is 0 Å². The fourth-order valence-corrected chi connectivity index (χ4v) is 1.89. The summed E-state index contributed by atoms with van der Waals surface area (Å²) in [7, 11) is 4.26. The first kappa shape index (κ1) is 14.2. The normalized spacial score (nSPS) is 11.1. The highest BCUT2D eigenvalue weighted by atomic mass is 15.0. The number of nitrogens with zero attached hydrogens (tertiary/aromatic N) is 1. The van der Waals surface area contributed by atoms with E-state index in [-0.39, 0.29) is 0 Å². The average molecular weight is 234 g/mol. The van der Waals surface area contributed by atoms with Crippen molar-refractivity contribution in [2.24, 2.45) is 0 Å². The van der Waals surface area contributed by atoms with Gasteiger partial charge in [0, 0.05) is 6.54 Å². The molecule has 17 heavy (non-hydrogen) atoms. The predicted molar refractivity (Wildman–Crippen MR) is 75.4 cm³/mol. The molecule has 2 nitrogen and oxygen atoms in total. The lowest BCUT2D eigenvalue weighted by Crippen LogP contribution is -2.18. The first-order chi connectivity index (χ1) is 8.09. The van der Waals surface area contributed by atoms with E-state index in [1.54, 1.807) is 0 Å². The third kappa shape index (κ3) is 5.85. The third-order valence-corrected chi connectivity index (χ3v) is 3.03. The van der Waals surface area contributed by atoms with E-state index in [1.165, 1.54) is 36.1 Å². The Kier molecular flexibility index (Phi) is 6.23. The van der Waals surface area contributed by atoms with Crippen LogP contribution < -0.4 is 5.32 Å². The van der Waals surface area contributed by atoms with E-state index in [4.69, 9.17) is 0 Å². The Labute approximate surface area is 106 Å². The number of hydrogen-bond donors (Lipinski definition) is 1. The summed E-state index contributed by atoms with van der Waals surface area (Å²) in [6, 6.07) is 6.66. The SMILES string of the molecule is Cc1ccc(C)c(CNCCCCN(C)C)c1. The fraction of sp³-hybridized carbons (Fsp3) is 0.600. The summed E-state index contributed by atoms with van der Waals surface area (Å²) in [6.45, 7) is 7.63. The van der Waals surface area contributed by atoms with Crippen molar-refractivity contribution in [1.82, 2.24) is 10.2 Å². The molecule has 0 aliphatic rings. The molecular weight excluding hydrogens is 208 g/mol. The molecule has 1 rings (SSSR count). The Balaban J connectivity index is 2.20. The summed E-state index contributed by atoms with van der Waals surface area (Å²) >= 11 is 0. The van der Waals surface area contributed by atoms with Gasteiger partial charge in [-0.3, -0.25) is 0 Å². The molecule has 0 heterocycles. The van der Waals surface area contributed by atoms with E-state index < -0.39 is 0 Å². The molecule has 1 N–H and O–H groups in total. The monoisotopic (exact) mass is 234 g/mol. The van der Waals surface area contributed by atoms with E-state index in [0.29, 0.717) is 0 Å². The molecule has 0 saturated heterocycles. The van der Waals surface area contributed by atoms with Crippen LogP contribution in [0.1, 0.15) is 29.5 Å². The summed E-state index contributed by atoms with van der Waals surface area (Å²) in [5.74, 6) is 0. The molecule has 0 fully saturated rings. The van der Waals surface area contributed by atoms with Crippen molar-refractivity contribution < 1.29 is 0 Å². The van der Waals surface area contributed by atoms with Gasteiger partial charge >= 0.3 is 0 Å². The molecule has 0 bridgehead atoms. The van der Waals surface area contributed by atoms with Crippen molar-refractivity contribution in [3.05, 3.63) is 34.9 Å². The Morgan fingerprint density at radius 2 is 1.88 bits per heavy atom. The van der Waals surface area contributed by atoms with Crippen LogP contribution in [0.4, 0.5) is 0 Å². The maximum absolute atomic E-state index is 3.52. The van der Waals surface area contributed by atoms with Crippen LogP contribution in [-0.4, -0.2) is 32.1 Å². The number of hydrogen-bond acceptors (Lipinski definition) is 2. The second-order valence-electron chi connectivity index (χ2n) is 5.12. The number of unbranched alkanes of at least 4 members (excludes halogenated alkanes) is 1. The van der Waals surface area contributed by atoms with E-state index in [2.05, 4.69) is 56.4 Å². The van der Waals surface area contributed by atoms with Gasteiger partial charge in [0.15, 0.2) is 0 Å². The topological polar surface area (TPSA) is 15.3 Å². The molecule has 1 aromatic carbocycles. The smallest absolute Gasteiger partial charge is 0.0208 e. The van der Waals surface area contributed by atoms with Crippen LogP contribution >= 0.6 is 0 Å². The predicted octanol–water partition coefficient (Wildman–Crippen LogP) is 2.73. The number of aryl methyl sites for hydroxylation is 2. The van der Waals surface area contributed by atoms with Gasteiger partial charge in [0.1, 0.15) is 0 Å². The van der Waals surface area contributed by atoms with Gasteiger partial charge in [-0.15, -0.1) is 0 Å². The van der Waals surface area contributed by atoms with Gasteiger partial charge in [-0.2, -0.15) is 0 Å². The molecule has 0 aliphatic carbocycles. The van der Waals surface area contributed by atoms with Crippen molar-refractivity contribution in [2.45, 2.75) is 33.2 Å². The number of benzene rings is 1. The van der Waals surface area contributed by atoms with Crippen molar-refractivity contribution in [1.29, 1.82) is 0 Å². The molecule has 0 saturated carbocycles. The second-order valence-corrected chi connectivity index (χ2v) is 5.12. The van der Waals surface area contributed by atoms with Crippen LogP contribution in [0.3, 0.4) is 0 Å². The lowest BCUT2D eigenvalue weighted by molar-refractivity contribution is 0.391. The Morgan fingerprint density at radius 3 is 2.59 bits per heavy atom. The fourth-order valence-electron chi connectivity index (χ4n) is 1.89. The summed E-state index contributed by atoms with van der Waals surface area (Å²) in [4.78, 5) is 2.24. The minimum atomic E-state index is 0.996. The zero-order valence-corrected chi connectivity index (χ0v) is 11.7. The van der Waals surface area contributed by atoms with Crippen molar-refractivity contribution in [3.63, 3.8) is 0 Å². The summed E-state index contributed by atoms with van der Waals surface area (Å²) in [5, 5.41) is 3.52. The molecule has 2 heteroatoms. The third-order valence-electron chi connectivity index (χ3n) is 3.03. The standard InChI is InChI=1S/C15H26N2/c1-13-7-8-14(2)15(11-13)12-16-9-5-6-10-17(3)4/h7-8,11,16H,5-6,9-10,12H2,1-4H3. The summed E-state index contributed by atoms with van der Waals surface area (Å²) in [6.07, 6.45) is 2.52. The van der Waals surface area contributed by atoms with Crippen LogP contribution in [0.15, 0.2) is 18.2 Å². The molecule has 0 aliphatic heterocycles. The second kappa shape index (κ2) is 7.46. The average Bonchev–Trinajstić information content (AvgIpc) is 2.27. The Bertz CT molecular complexity index is 332. The molecule has 0 radical (unpaired) electrons.